The van der Waals surface area contributed by atoms with E-state index in [2.05, 4.69) is 44.1 Å². The Kier molecular flexibility index (Phi) is 6.83. The van der Waals surface area contributed by atoms with Crippen LogP contribution >= 0.6 is 0 Å². The molecule has 1 aromatic carbocycles. The highest BCUT2D eigenvalue weighted by molar-refractivity contribution is 5.86. The van der Waals surface area contributed by atoms with Gasteiger partial charge in [-0.3, -0.25) is 9.59 Å². The molecule has 26 heavy (non-hydrogen) atoms. The average molecular weight is 358 g/mol. The number of hydrogen-bond acceptors (Lipinski definition) is 3. The van der Waals surface area contributed by atoms with E-state index in [1.54, 1.807) is 6.92 Å². The second-order valence-electron chi connectivity index (χ2n) is 7.31. The highest BCUT2D eigenvalue weighted by atomic mass is 16.5. The summed E-state index contributed by atoms with van der Waals surface area (Å²) in [4.78, 5) is 27.7. The summed E-state index contributed by atoms with van der Waals surface area (Å²) in [5, 5.41) is 4.17. The maximum atomic E-state index is 12.6. The molecule has 2 rings (SSSR count). The summed E-state index contributed by atoms with van der Waals surface area (Å²) in [6.45, 7) is 10.8. The summed E-state index contributed by atoms with van der Waals surface area (Å²) in [7, 11) is 0. The second kappa shape index (κ2) is 8.88. The van der Waals surface area contributed by atoms with Gasteiger partial charge >= 0.3 is 5.97 Å². The minimum Gasteiger partial charge on any atom is -0.466 e. The molecule has 0 saturated carbocycles. The summed E-state index contributed by atoms with van der Waals surface area (Å²) < 4.78 is 5.01. The largest absolute Gasteiger partial charge is 0.466 e. The number of aryl methyl sites for hydroxylation is 2. The second-order valence-corrected chi connectivity index (χ2v) is 7.31. The third-order valence-electron chi connectivity index (χ3n) is 4.68. The summed E-state index contributed by atoms with van der Waals surface area (Å²) in [5.41, 5.74) is 4.54. The van der Waals surface area contributed by atoms with Crippen molar-refractivity contribution >= 4 is 22.8 Å². The molecule has 2 N–H and O–H groups in total. The molecule has 5 heteroatoms. The van der Waals surface area contributed by atoms with Crippen LogP contribution in [0, 0.1) is 25.7 Å². The number of carbonyl (C=O) groups is 2. The Morgan fingerprint density at radius 3 is 2.62 bits per heavy atom. The Morgan fingerprint density at radius 2 is 1.96 bits per heavy atom. The molecule has 0 radical (unpaired) electrons. The van der Waals surface area contributed by atoms with Crippen molar-refractivity contribution in [1.82, 2.24) is 10.3 Å². The molecule has 0 spiro atoms. The Balaban J connectivity index is 2.04. The van der Waals surface area contributed by atoms with Crippen molar-refractivity contribution in [2.75, 3.05) is 6.61 Å². The molecule has 0 aliphatic carbocycles. The van der Waals surface area contributed by atoms with E-state index >= 15 is 0 Å². The number of hydrogen-bond donors (Lipinski definition) is 2. The highest BCUT2D eigenvalue weighted by Gasteiger charge is 2.23. The fourth-order valence-corrected chi connectivity index (χ4v) is 3.23. The maximum absolute atomic E-state index is 12.6. The van der Waals surface area contributed by atoms with Gasteiger partial charge in [0.05, 0.1) is 13.0 Å². The lowest BCUT2D eigenvalue weighted by molar-refractivity contribution is -0.146. The van der Waals surface area contributed by atoms with Crippen LogP contribution in [0.5, 0.6) is 0 Å². The number of ether oxygens (including phenoxy) is 1. The SMILES string of the molecule is CCOC(=O)CC(CC(C)C)C(=O)NCc1ccc2[nH]c(C)c(C)c2c1. The molecule has 1 aromatic heterocycles. The van der Waals surface area contributed by atoms with Gasteiger partial charge in [-0.2, -0.15) is 0 Å². The van der Waals surface area contributed by atoms with E-state index < -0.39 is 0 Å². The van der Waals surface area contributed by atoms with Gasteiger partial charge in [-0.05, 0) is 56.4 Å². The van der Waals surface area contributed by atoms with Crippen LogP contribution in [0.1, 0.15) is 50.4 Å². The zero-order valence-electron chi connectivity index (χ0n) is 16.4. The molecule has 0 fully saturated rings. The predicted molar refractivity (Wildman–Crippen MR) is 104 cm³/mol. The number of esters is 1. The number of benzene rings is 1. The van der Waals surface area contributed by atoms with Gasteiger partial charge in [0, 0.05) is 29.1 Å². The Labute approximate surface area is 155 Å². The molecular formula is C21H30N2O3. The van der Waals surface area contributed by atoms with Crippen molar-refractivity contribution in [1.29, 1.82) is 0 Å². The van der Waals surface area contributed by atoms with E-state index in [9.17, 15) is 9.59 Å². The van der Waals surface area contributed by atoms with Crippen molar-refractivity contribution < 1.29 is 14.3 Å². The summed E-state index contributed by atoms with van der Waals surface area (Å²) >= 11 is 0. The standard InChI is InChI=1S/C21H30N2O3/c1-6-26-20(24)11-17(9-13(2)3)21(25)22-12-16-7-8-19-18(10-16)14(4)15(5)23-19/h7-8,10,13,17,23H,6,9,11-12H2,1-5H3,(H,22,25). The van der Waals surface area contributed by atoms with Crippen molar-refractivity contribution in [3.05, 3.63) is 35.0 Å². The lowest BCUT2D eigenvalue weighted by atomic mass is 9.93. The third-order valence-corrected chi connectivity index (χ3v) is 4.68. The summed E-state index contributed by atoms with van der Waals surface area (Å²) in [6, 6.07) is 6.17. The lowest BCUT2D eigenvalue weighted by Gasteiger charge is -2.18. The molecule has 1 heterocycles. The minimum absolute atomic E-state index is 0.0891. The van der Waals surface area contributed by atoms with Crippen molar-refractivity contribution in [3.8, 4) is 0 Å². The fourth-order valence-electron chi connectivity index (χ4n) is 3.23. The normalized spacial score (nSPS) is 12.4. The van der Waals surface area contributed by atoms with Crippen molar-refractivity contribution in [2.24, 2.45) is 11.8 Å². The lowest BCUT2D eigenvalue weighted by Crippen LogP contribution is -2.33. The number of amides is 1. The van der Waals surface area contributed by atoms with Gasteiger partial charge in [0.15, 0.2) is 0 Å². The molecule has 142 valence electrons. The van der Waals surface area contributed by atoms with Crippen LogP contribution in [0.25, 0.3) is 10.9 Å². The van der Waals surface area contributed by atoms with Crippen molar-refractivity contribution in [2.45, 2.75) is 54.0 Å². The number of nitrogens with one attached hydrogen (secondary N) is 2. The van der Waals surface area contributed by atoms with Gasteiger partial charge < -0.3 is 15.0 Å². The molecule has 0 aliphatic heterocycles. The van der Waals surface area contributed by atoms with E-state index in [-0.39, 0.29) is 24.2 Å². The molecule has 5 nitrogen and oxygen atoms in total. The van der Waals surface area contributed by atoms with Gasteiger partial charge in [0.2, 0.25) is 5.91 Å². The fraction of sp³-hybridized carbons (Fsp3) is 0.524. The quantitative estimate of drug-likeness (QED) is 0.700. The summed E-state index contributed by atoms with van der Waals surface area (Å²) in [6.07, 6.45) is 0.798. The predicted octanol–water partition coefficient (Wildman–Crippen LogP) is 4.02. The molecule has 2 aromatic rings. The number of fused-ring (bicyclic) bond motifs is 1. The van der Waals surface area contributed by atoms with Gasteiger partial charge in [-0.15, -0.1) is 0 Å². The van der Waals surface area contributed by atoms with Crippen molar-refractivity contribution in [3.63, 3.8) is 0 Å². The van der Waals surface area contributed by atoms with Crippen LogP contribution in [0.2, 0.25) is 0 Å². The monoisotopic (exact) mass is 358 g/mol. The number of H-pyrrole nitrogens is 1. The molecular weight excluding hydrogens is 328 g/mol. The number of rotatable bonds is 8. The average Bonchev–Trinajstić information content (AvgIpc) is 2.86. The van der Waals surface area contributed by atoms with E-state index in [1.165, 1.54) is 10.9 Å². The Morgan fingerprint density at radius 1 is 1.23 bits per heavy atom. The van der Waals surface area contributed by atoms with E-state index in [0.717, 1.165) is 16.8 Å². The van der Waals surface area contributed by atoms with E-state index in [0.29, 0.717) is 25.5 Å². The first-order valence-electron chi connectivity index (χ1n) is 9.32. The maximum Gasteiger partial charge on any atom is 0.306 e. The zero-order valence-corrected chi connectivity index (χ0v) is 16.4. The first-order chi connectivity index (χ1) is 12.3. The molecule has 1 atom stereocenters. The Bertz CT molecular complexity index is 777. The van der Waals surface area contributed by atoms with Crippen LogP contribution in [0.3, 0.4) is 0 Å². The first kappa shape index (κ1) is 20.0. The van der Waals surface area contributed by atoms with Crippen LogP contribution in [0.4, 0.5) is 0 Å². The zero-order chi connectivity index (χ0) is 19.3. The number of aromatic amines is 1. The molecule has 1 amide bonds. The van der Waals surface area contributed by atoms with Gasteiger partial charge in [0.25, 0.3) is 0 Å². The van der Waals surface area contributed by atoms with Gasteiger partial charge in [-0.1, -0.05) is 19.9 Å². The molecule has 0 saturated heterocycles. The van der Waals surface area contributed by atoms with E-state index in [1.807, 2.05) is 12.1 Å². The third kappa shape index (κ3) is 5.10. The van der Waals surface area contributed by atoms with Crippen LogP contribution in [0.15, 0.2) is 18.2 Å². The van der Waals surface area contributed by atoms with Crippen LogP contribution < -0.4 is 5.32 Å². The van der Waals surface area contributed by atoms with Gasteiger partial charge in [-0.25, -0.2) is 0 Å². The Hall–Kier alpha value is -2.30. The number of aromatic nitrogens is 1. The number of carbonyl (C=O) groups excluding carboxylic acids is 2. The van der Waals surface area contributed by atoms with E-state index in [4.69, 9.17) is 4.74 Å². The molecule has 1 unspecified atom stereocenters. The molecule has 0 bridgehead atoms. The molecule has 0 aliphatic rings. The first-order valence-corrected chi connectivity index (χ1v) is 9.32. The topological polar surface area (TPSA) is 71.2 Å². The minimum atomic E-state index is -0.353. The van der Waals surface area contributed by atoms with Crippen LogP contribution in [-0.4, -0.2) is 23.5 Å². The summed E-state index contributed by atoms with van der Waals surface area (Å²) in [5.74, 6) is -0.419. The highest BCUT2D eigenvalue weighted by Crippen LogP contribution is 2.22. The van der Waals surface area contributed by atoms with Gasteiger partial charge in [0.1, 0.15) is 0 Å². The smallest absolute Gasteiger partial charge is 0.306 e. The van der Waals surface area contributed by atoms with Crippen LogP contribution in [-0.2, 0) is 20.9 Å².